The standard InChI is InChI=1S/C13H14N2O3/c1-15-10(6-7-14-15)13(16)9-4-5-11(17-2)12(8-9)18-3/h4-8H,1-3H3. The van der Waals surface area contributed by atoms with Gasteiger partial charge in [-0.1, -0.05) is 0 Å². The van der Waals surface area contributed by atoms with E-state index in [4.69, 9.17) is 9.47 Å². The average Bonchev–Trinajstić information content (AvgIpc) is 2.83. The molecule has 0 saturated heterocycles. The van der Waals surface area contributed by atoms with Crippen LogP contribution >= 0.6 is 0 Å². The second-order valence-electron chi connectivity index (χ2n) is 3.74. The van der Waals surface area contributed by atoms with Crippen molar-refractivity contribution < 1.29 is 14.3 Å². The van der Waals surface area contributed by atoms with Crippen LogP contribution in [0.1, 0.15) is 16.1 Å². The van der Waals surface area contributed by atoms with Gasteiger partial charge in [0.05, 0.1) is 14.2 Å². The Labute approximate surface area is 105 Å². The fourth-order valence-electron chi connectivity index (χ4n) is 1.72. The van der Waals surface area contributed by atoms with Crippen molar-refractivity contribution in [3.05, 3.63) is 41.7 Å². The van der Waals surface area contributed by atoms with E-state index in [1.807, 2.05) is 0 Å². The van der Waals surface area contributed by atoms with E-state index in [0.29, 0.717) is 22.8 Å². The highest BCUT2D eigenvalue weighted by molar-refractivity contribution is 6.08. The topological polar surface area (TPSA) is 53.3 Å². The van der Waals surface area contributed by atoms with Crippen molar-refractivity contribution in [2.24, 2.45) is 7.05 Å². The van der Waals surface area contributed by atoms with E-state index in [1.54, 1.807) is 49.3 Å². The summed E-state index contributed by atoms with van der Waals surface area (Å²) in [5, 5.41) is 3.98. The monoisotopic (exact) mass is 246 g/mol. The second kappa shape index (κ2) is 4.91. The Balaban J connectivity index is 2.40. The Hall–Kier alpha value is -2.30. The Morgan fingerprint density at radius 2 is 1.89 bits per heavy atom. The van der Waals surface area contributed by atoms with Crippen molar-refractivity contribution in [3.8, 4) is 11.5 Å². The summed E-state index contributed by atoms with van der Waals surface area (Å²) in [7, 11) is 4.82. The van der Waals surface area contributed by atoms with Crippen molar-refractivity contribution >= 4 is 5.78 Å². The quantitative estimate of drug-likeness (QED) is 0.770. The smallest absolute Gasteiger partial charge is 0.211 e. The number of aryl methyl sites for hydroxylation is 1. The predicted molar refractivity (Wildman–Crippen MR) is 66.2 cm³/mol. The molecule has 5 nitrogen and oxygen atoms in total. The van der Waals surface area contributed by atoms with E-state index in [9.17, 15) is 4.79 Å². The van der Waals surface area contributed by atoms with E-state index in [0.717, 1.165) is 0 Å². The first-order valence-corrected chi connectivity index (χ1v) is 5.42. The molecule has 0 aliphatic heterocycles. The summed E-state index contributed by atoms with van der Waals surface area (Å²) in [6.07, 6.45) is 1.59. The minimum absolute atomic E-state index is 0.101. The molecular weight excluding hydrogens is 232 g/mol. The Kier molecular flexibility index (Phi) is 3.32. The number of methoxy groups -OCH3 is 2. The van der Waals surface area contributed by atoms with E-state index in [-0.39, 0.29) is 5.78 Å². The van der Waals surface area contributed by atoms with E-state index >= 15 is 0 Å². The SMILES string of the molecule is COc1ccc(C(=O)c2ccnn2C)cc1OC. The van der Waals surface area contributed by atoms with Crippen LogP contribution in [0.15, 0.2) is 30.5 Å². The van der Waals surface area contributed by atoms with Crippen molar-refractivity contribution in [1.82, 2.24) is 9.78 Å². The first-order valence-electron chi connectivity index (χ1n) is 5.42. The fourth-order valence-corrected chi connectivity index (χ4v) is 1.72. The van der Waals surface area contributed by atoms with E-state index < -0.39 is 0 Å². The van der Waals surface area contributed by atoms with Gasteiger partial charge in [0, 0.05) is 18.8 Å². The normalized spacial score (nSPS) is 10.2. The molecular formula is C13H14N2O3. The summed E-state index contributed by atoms with van der Waals surface area (Å²) >= 11 is 0. The molecule has 0 N–H and O–H groups in total. The maximum Gasteiger partial charge on any atom is 0.211 e. The molecule has 0 amide bonds. The fraction of sp³-hybridized carbons (Fsp3) is 0.231. The zero-order valence-electron chi connectivity index (χ0n) is 10.5. The molecule has 94 valence electrons. The zero-order chi connectivity index (χ0) is 13.1. The lowest BCUT2D eigenvalue weighted by molar-refractivity contribution is 0.103. The van der Waals surface area contributed by atoms with Crippen LogP contribution in [-0.2, 0) is 7.05 Å². The largest absolute Gasteiger partial charge is 0.493 e. The number of nitrogens with zero attached hydrogens (tertiary/aromatic N) is 2. The van der Waals surface area contributed by atoms with Gasteiger partial charge in [0.1, 0.15) is 5.69 Å². The molecule has 0 radical (unpaired) electrons. The number of aromatic nitrogens is 2. The predicted octanol–water partition coefficient (Wildman–Crippen LogP) is 1.67. The van der Waals surface area contributed by atoms with Crippen LogP contribution in [0.3, 0.4) is 0 Å². The van der Waals surface area contributed by atoms with Crippen LogP contribution in [0.5, 0.6) is 11.5 Å². The summed E-state index contributed by atoms with van der Waals surface area (Å²) in [5.41, 5.74) is 1.07. The third-order valence-corrected chi connectivity index (χ3v) is 2.70. The van der Waals surface area contributed by atoms with Crippen molar-refractivity contribution in [1.29, 1.82) is 0 Å². The average molecular weight is 246 g/mol. The number of rotatable bonds is 4. The van der Waals surface area contributed by atoms with Gasteiger partial charge in [0.2, 0.25) is 5.78 Å². The van der Waals surface area contributed by atoms with E-state index in [1.165, 1.54) is 7.11 Å². The van der Waals surface area contributed by atoms with Crippen LogP contribution in [0.4, 0.5) is 0 Å². The molecule has 2 rings (SSSR count). The maximum atomic E-state index is 12.2. The highest BCUT2D eigenvalue weighted by Crippen LogP contribution is 2.28. The number of ether oxygens (including phenoxy) is 2. The van der Waals surface area contributed by atoms with Gasteiger partial charge in [-0.25, -0.2) is 0 Å². The second-order valence-corrected chi connectivity index (χ2v) is 3.74. The number of carbonyl (C=O) groups is 1. The molecule has 0 saturated carbocycles. The van der Waals surface area contributed by atoms with Crippen LogP contribution in [0.2, 0.25) is 0 Å². The van der Waals surface area contributed by atoms with Gasteiger partial charge < -0.3 is 9.47 Å². The molecule has 0 atom stereocenters. The van der Waals surface area contributed by atoms with Crippen LogP contribution in [0, 0.1) is 0 Å². The first kappa shape index (κ1) is 12.2. The lowest BCUT2D eigenvalue weighted by Gasteiger charge is -2.09. The lowest BCUT2D eigenvalue weighted by Crippen LogP contribution is -2.08. The molecule has 1 aromatic carbocycles. The van der Waals surface area contributed by atoms with Crippen molar-refractivity contribution in [3.63, 3.8) is 0 Å². The zero-order valence-corrected chi connectivity index (χ0v) is 10.5. The maximum absolute atomic E-state index is 12.2. The molecule has 1 aromatic heterocycles. The molecule has 5 heteroatoms. The first-order chi connectivity index (χ1) is 8.67. The van der Waals surface area contributed by atoms with Crippen molar-refractivity contribution in [2.75, 3.05) is 14.2 Å². The van der Waals surface area contributed by atoms with Crippen LogP contribution < -0.4 is 9.47 Å². The van der Waals surface area contributed by atoms with Gasteiger partial charge in [-0.2, -0.15) is 5.10 Å². The molecule has 0 unspecified atom stereocenters. The minimum atomic E-state index is -0.101. The van der Waals surface area contributed by atoms with Gasteiger partial charge in [0.15, 0.2) is 11.5 Å². The molecule has 18 heavy (non-hydrogen) atoms. The Morgan fingerprint density at radius 3 is 2.44 bits per heavy atom. The Morgan fingerprint density at radius 1 is 1.17 bits per heavy atom. The number of hydrogen-bond donors (Lipinski definition) is 0. The molecule has 0 spiro atoms. The highest BCUT2D eigenvalue weighted by atomic mass is 16.5. The Bertz CT molecular complexity index is 575. The van der Waals surface area contributed by atoms with Gasteiger partial charge >= 0.3 is 0 Å². The van der Waals surface area contributed by atoms with Gasteiger partial charge in [-0.15, -0.1) is 0 Å². The summed E-state index contributed by atoms with van der Waals surface area (Å²) < 4.78 is 11.8. The highest BCUT2D eigenvalue weighted by Gasteiger charge is 2.15. The molecule has 1 heterocycles. The number of ketones is 1. The van der Waals surface area contributed by atoms with Crippen LogP contribution in [0.25, 0.3) is 0 Å². The van der Waals surface area contributed by atoms with Crippen LogP contribution in [-0.4, -0.2) is 29.8 Å². The third kappa shape index (κ3) is 2.07. The lowest BCUT2D eigenvalue weighted by atomic mass is 10.1. The molecule has 0 aliphatic carbocycles. The van der Waals surface area contributed by atoms with Gasteiger partial charge in [-0.05, 0) is 24.3 Å². The minimum Gasteiger partial charge on any atom is -0.493 e. The molecule has 2 aromatic rings. The van der Waals surface area contributed by atoms with Crippen molar-refractivity contribution in [2.45, 2.75) is 0 Å². The summed E-state index contributed by atoms with van der Waals surface area (Å²) in [6, 6.07) is 6.76. The van der Waals surface area contributed by atoms with E-state index in [2.05, 4.69) is 5.10 Å². The third-order valence-electron chi connectivity index (χ3n) is 2.70. The summed E-state index contributed by atoms with van der Waals surface area (Å²) in [5.74, 6) is 1.03. The number of hydrogen-bond acceptors (Lipinski definition) is 4. The number of carbonyl (C=O) groups excluding carboxylic acids is 1. The molecule has 0 fully saturated rings. The summed E-state index contributed by atoms with van der Waals surface area (Å²) in [6.45, 7) is 0. The van der Waals surface area contributed by atoms with Gasteiger partial charge in [-0.3, -0.25) is 9.48 Å². The number of benzene rings is 1. The molecule has 0 bridgehead atoms. The van der Waals surface area contributed by atoms with Gasteiger partial charge in [0.25, 0.3) is 0 Å². The summed E-state index contributed by atoms with van der Waals surface area (Å²) in [4.78, 5) is 12.2. The molecule has 0 aliphatic rings.